The molecule has 2 heteroatoms. The summed E-state index contributed by atoms with van der Waals surface area (Å²) >= 11 is 0. The lowest BCUT2D eigenvalue weighted by Gasteiger charge is -2.30. The highest BCUT2D eigenvalue weighted by molar-refractivity contribution is 5.45. The molecule has 1 aliphatic heterocycles. The molecule has 0 N–H and O–H groups in total. The number of hydrogen-bond acceptors (Lipinski definition) is 2. The summed E-state index contributed by atoms with van der Waals surface area (Å²) in [5.41, 5.74) is 4.18. The molecule has 3 rings (SSSR count). The van der Waals surface area contributed by atoms with Crippen LogP contribution in [0.1, 0.15) is 37.6 Å². The van der Waals surface area contributed by atoms with Gasteiger partial charge in [0.05, 0.1) is 0 Å². The van der Waals surface area contributed by atoms with Gasteiger partial charge in [-0.3, -0.25) is 0 Å². The molecule has 2 nitrogen and oxygen atoms in total. The van der Waals surface area contributed by atoms with Crippen molar-refractivity contribution in [1.82, 2.24) is 4.98 Å². The van der Waals surface area contributed by atoms with E-state index in [0.29, 0.717) is 0 Å². The lowest BCUT2D eigenvalue weighted by Crippen LogP contribution is -2.31. The highest BCUT2D eigenvalue weighted by Crippen LogP contribution is 2.26. The molecule has 1 aliphatic rings. The maximum absolute atomic E-state index is 4.87. The molecule has 0 unspecified atom stereocenters. The third-order valence-corrected chi connectivity index (χ3v) is 3.96. The van der Waals surface area contributed by atoms with Crippen LogP contribution in [0.4, 0.5) is 5.82 Å². The van der Waals surface area contributed by atoms with E-state index in [1.165, 1.54) is 11.1 Å². The molecule has 1 aromatic carbocycles. The largest absolute Gasteiger partial charge is 0.352 e. The molecule has 2 aromatic rings. The summed E-state index contributed by atoms with van der Waals surface area (Å²) in [6.45, 7) is 8.66. The zero-order valence-corrected chi connectivity index (χ0v) is 12.6. The van der Waals surface area contributed by atoms with Crippen LogP contribution in [0.25, 0.3) is 0 Å². The average Bonchev–Trinajstić information content (AvgIpc) is 2.46. The maximum atomic E-state index is 4.87. The highest BCUT2D eigenvalue weighted by Gasteiger charge is 2.20. The molecule has 0 spiro atoms. The van der Waals surface area contributed by atoms with E-state index >= 15 is 0 Å². The second kappa shape index (κ2) is 4.93. The molecule has 2 heterocycles. The van der Waals surface area contributed by atoms with Crippen LogP contribution in [-0.2, 0) is 18.4 Å². The van der Waals surface area contributed by atoms with Gasteiger partial charge in [-0.25, -0.2) is 4.98 Å². The third kappa shape index (κ3) is 2.55. The summed E-state index contributed by atoms with van der Waals surface area (Å²) in [6, 6.07) is 15.1. The predicted octanol–water partition coefficient (Wildman–Crippen LogP) is 3.94. The molecule has 0 fully saturated rings. The quantitative estimate of drug-likeness (QED) is 0.777. The Morgan fingerprint density at radius 2 is 1.70 bits per heavy atom. The van der Waals surface area contributed by atoms with Gasteiger partial charge in [0.15, 0.2) is 0 Å². The van der Waals surface area contributed by atoms with Gasteiger partial charge < -0.3 is 4.90 Å². The summed E-state index contributed by atoms with van der Waals surface area (Å²) in [6.07, 6.45) is 1.11. The van der Waals surface area contributed by atoms with Crippen LogP contribution < -0.4 is 4.90 Å². The second-order valence-corrected chi connectivity index (χ2v) is 6.57. The van der Waals surface area contributed by atoms with Crippen LogP contribution in [0.3, 0.4) is 0 Å². The highest BCUT2D eigenvalue weighted by atomic mass is 15.2. The Morgan fingerprint density at radius 3 is 2.45 bits per heavy atom. The Balaban J connectivity index is 1.88. The molecule has 0 saturated heterocycles. The number of pyridine rings is 1. The van der Waals surface area contributed by atoms with E-state index in [9.17, 15) is 0 Å². The number of rotatable bonds is 1. The summed E-state index contributed by atoms with van der Waals surface area (Å²) in [4.78, 5) is 7.25. The van der Waals surface area contributed by atoms with Gasteiger partial charge in [0, 0.05) is 24.2 Å². The predicted molar refractivity (Wildman–Crippen MR) is 84.1 cm³/mol. The monoisotopic (exact) mass is 266 g/mol. The molecule has 1 aromatic heterocycles. The minimum absolute atomic E-state index is 0.101. The molecule has 0 aliphatic carbocycles. The lowest BCUT2D eigenvalue weighted by atomic mass is 9.91. The summed E-state index contributed by atoms with van der Waals surface area (Å²) < 4.78 is 0. The normalized spacial score (nSPS) is 15.1. The van der Waals surface area contributed by atoms with E-state index in [1.54, 1.807) is 0 Å². The number of hydrogen-bond donors (Lipinski definition) is 0. The van der Waals surface area contributed by atoms with Crippen LogP contribution in [0.2, 0.25) is 0 Å². The van der Waals surface area contributed by atoms with E-state index in [4.69, 9.17) is 4.98 Å². The number of fused-ring (bicyclic) bond motifs is 1. The van der Waals surface area contributed by atoms with Gasteiger partial charge in [-0.15, -0.1) is 0 Å². The maximum Gasteiger partial charge on any atom is 0.129 e. The van der Waals surface area contributed by atoms with Crippen molar-refractivity contribution in [2.45, 2.75) is 39.2 Å². The van der Waals surface area contributed by atoms with Crippen molar-refractivity contribution >= 4 is 5.82 Å². The molecule has 0 atom stereocenters. The van der Waals surface area contributed by atoms with Crippen molar-refractivity contribution in [1.29, 1.82) is 0 Å². The number of anilines is 1. The van der Waals surface area contributed by atoms with Crippen LogP contribution >= 0.6 is 0 Å². The van der Waals surface area contributed by atoms with Crippen LogP contribution in [0, 0.1) is 0 Å². The van der Waals surface area contributed by atoms with E-state index in [-0.39, 0.29) is 5.41 Å². The van der Waals surface area contributed by atoms with Gasteiger partial charge in [0.2, 0.25) is 0 Å². The van der Waals surface area contributed by atoms with Gasteiger partial charge in [0.1, 0.15) is 5.82 Å². The minimum atomic E-state index is 0.101. The Kier molecular flexibility index (Phi) is 3.25. The molecular formula is C18H22N2. The lowest BCUT2D eigenvalue weighted by molar-refractivity contribution is 0.566. The molecule has 0 bridgehead atoms. The average molecular weight is 266 g/mol. The van der Waals surface area contributed by atoms with E-state index in [0.717, 1.165) is 31.0 Å². The fourth-order valence-corrected chi connectivity index (χ4v) is 2.71. The first-order valence-corrected chi connectivity index (χ1v) is 7.33. The Morgan fingerprint density at radius 1 is 0.950 bits per heavy atom. The molecule has 0 saturated carbocycles. The van der Waals surface area contributed by atoms with Crippen LogP contribution in [0.15, 0.2) is 42.5 Å². The third-order valence-electron chi connectivity index (χ3n) is 3.96. The molecule has 20 heavy (non-hydrogen) atoms. The van der Waals surface area contributed by atoms with Gasteiger partial charge in [-0.05, 0) is 29.7 Å². The number of nitrogens with zero attached hydrogens (tertiary/aromatic N) is 2. The van der Waals surface area contributed by atoms with E-state index in [1.807, 2.05) is 0 Å². The second-order valence-electron chi connectivity index (χ2n) is 6.57. The fraction of sp³-hybridized carbons (Fsp3) is 0.389. The van der Waals surface area contributed by atoms with Crippen molar-refractivity contribution < 1.29 is 0 Å². The zero-order valence-electron chi connectivity index (χ0n) is 12.6. The Bertz CT molecular complexity index is 611. The number of aromatic nitrogens is 1. The first-order chi connectivity index (χ1) is 9.54. The van der Waals surface area contributed by atoms with Gasteiger partial charge >= 0.3 is 0 Å². The molecule has 0 radical (unpaired) electrons. The van der Waals surface area contributed by atoms with Gasteiger partial charge in [-0.2, -0.15) is 0 Å². The van der Waals surface area contributed by atoms with E-state index in [2.05, 4.69) is 68.1 Å². The topological polar surface area (TPSA) is 16.1 Å². The summed E-state index contributed by atoms with van der Waals surface area (Å²) in [5, 5.41) is 0. The SMILES string of the molecule is CC(C)(C)c1cccc(N2CCc3ccccc3C2)n1. The fourth-order valence-electron chi connectivity index (χ4n) is 2.71. The minimum Gasteiger partial charge on any atom is -0.352 e. The van der Waals surface area contributed by atoms with Crippen molar-refractivity contribution in [2.75, 3.05) is 11.4 Å². The molecule has 0 amide bonds. The summed E-state index contributed by atoms with van der Waals surface area (Å²) in [5.74, 6) is 1.10. The molecule has 104 valence electrons. The van der Waals surface area contributed by atoms with E-state index < -0.39 is 0 Å². The number of benzene rings is 1. The van der Waals surface area contributed by atoms with Crippen molar-refractivity contribution in [3.05, 3.63) is 59.3 Å². The zero-order chi connectivity index (χ0) is 14.2. The Hall–Kier alpha value is -1.83. The molecular weight excluding hydrogens is 244 g/mol. The standard InChI is InChI=1S/C18H22N2/c1-18(2,3)16-9-6-10-17(19-16)20-12-11-14-7-4-5-8-15(14)13-20/h4-10H,11-13H2,1-3H3. The van der Waals surface area contributed by atoms with Crippen LogP contribution in [0.5, 0.6) is 0 Å². The first-order valence-electron chi connectivity index (χ1n) is 7.33. The summed E-state index contributed by atoms with van der Waals surface area (Å²) in [7, 11) is 0. The van der Waals surface area contributed by atoms with Crippen molar-refractivity contribution in [3.63, 3.8) is 0 Å². The van der Waals surface area contributed by atoms with Crippen molar-refractivity contribution in [2.24, 2.45) is 0 Å². The van der Waals surface area contributed by atoms with Gasteiger partial charge in [0.25, 0.3) is 0 Å². The Labute approximate surface area is 121 Å². The van der Waals surface area contributed by atoms with Crippen molar-refractivity contribution in [3.8, 4) is 0 Å². The smallest absolute Gasteiger partial charge is 0.129 e. The van der Waals surface area contributed by atoms with Gasteiger partial charge in [-0.1, -0.05) is 51.1 Å². The first kappa shape index (κ1) is 13.2. The van der Waals surface area contributed by atoms with Crippen LogP contribution in [-0.4, -0.2) is 11.5 Å².